The van der Waals surface area contributed by atoms with Crippen LogP contribution in [0.2, 0.25) is 0 Å². The van der Waals surface area contributed by atoms with E-state index in [-0.39, 0.29) is 22.2 Å². The summed E-state index contributed by atoms with van der Waals surface area (Å²) in [5, 5.41) is 10.5. The summed E-state index contributed by atoms with van der Waals surface area (Å²) in [5.41, 5.74) is 8.45. The number of carboxylic acids is 1. The number of hydrogen-bond donors (Lipinski definition) is 2. The second-order valence-corrected chi connectivity index (χ2v) is 14.6. The van der Waals surface area contributed by atoms with Crippen LogP contribution in [-0.4, -0.2) is 17.1 Å². The molecule has 0 spiro atoms. The largest absolute Gasteiger partial charge is 0.481 e. The number of allylic oxidation sites excluding steroid dienone is 1. The molecule has 0 heterocycles. The zero-order chi connectivity index (χ0) is 24.2. The maximum atomic E-state index is 12.8. The van der Waals surface area contributed by atoms with Crippen molar-refractivity contribution in [2.45, 2.75) is 112 Å². The van der Waals surface area contributed by atoms with Crippen molar-refractivity contribution in [3.8, 4) is 0 Å². The fraction of sp³-hybridized carbons (Fsp3) is 0.900. The molecule has 8 unspecified atom stereocenters. The molecule has 5 saturated carbocycles. The topological polar surface area (TPSA) is 63.3 Å². The standard InChI is InChI=1S/C30H49NO2/c1-18(2)19-10-15-30(25(32)33)17-16-28(6)20(24(19)30)8-9-22-27(5)13-12-23(31)26(3,4)21(27)11-14-29(22,28)7/h19-24H,1,8-17,31H2,2-7H3,(H,32,33)/t19?,20?,21?,22?,23?,24?,27-,28?,29+,30?/m0/s1. The molecule has 0 aromatic rings. The van der Waals surface area contributed by atoms with Crippen LogP contribution < -0.4 is 5.73 Å². The van der Waals surface area contributed by atoms with Crippen LogP contribution in [0.5, 0.6) is 0 Å². The Kier molecular flexibility index (Phi) is 5.15. The van der Waals surface area contributed by atoms with Gasteiger partial charge in [-0.15, -0.1) is 0 Å². The van der Waals surface area contributed by atoms with E-state index in [1.54, 1.807) is 0 Å². The third-order valence-electron chi connectivity index (χ3n) is 13.6. The molecule has 0 radical (unpaired) electrons. The molecule has 0 amide bonds. The predicted octanol–water partition coefficient (Wildman–Crippen LogP) is 7.06. The number of nitrogens with two attached hydrogens (primary N) is 1. The van der Waals surface area contributed by atoms with Crippen molar-refractivity contribution in [3.63, 3.8) is 0 Å². The van der Waals surface area contributed by atoms with E-state index in [9.17, 15) is 9.90 Å². The molecule has 186 valence electrons. The third kappa shape index (κ3) is 2.75. The van der Waals surface area contributed by atoms with Gasteiger partial charge in [0.1, 0.15) is 0 Å². The molecule has 33 heavy (non-hydrogen) atoms. The Morgan fingerprint density at radius 2 is 1.55 bits per heavy atom. The van der Waals surface area contributed by atoms with E-state index in [2.05, 4.69) is 48.1 Å². The minimum absolute atomic E-state index is 0.202. The first kappa shape index (κ1) is 23.9. The highest BCUT2D eigenvalue weighted by Crippen LogP contribution is 2.77. The van der Waals surface area contributed by atoms with E-state index in [4.69, 9.17) is 5.73 Å². The molecule has 0 aromatic heterocycles. The summed E-state index contributed by atoms with van der Waals surface area (Å²) in [6, 6.07) is 0.313. The highest BCUT2D eigenvalue weighted by atomic mass is 16.4. The smallest absolute Gasteiger partial charge is 0.309 e. The minimum Gasteiger partial charge on any atom is -0.481 e. The van der Waals surface area contributed by atoms with Crippen LogP contribution in [0.4, 0.5) is 0 Å². The Morgan fingerprint density at radius 1 is 0.848 bits per heavy atom. The van der Waals surface area contributed by atoms with Gasteiger partial charge in [0.25, 0.3) is 0 Å². The lowest BCUT2D eigenvalue weighted by atomic mass is 9.32. The molecule has 3 N–H and O–H groups in total. The Labute approximate surface area is 202 Å². The Balaban J connectivity index is 1.57. The van der Waals surface area contributed by atoms with Crippen LogP contribution in [0.3, 0.4) is 0 Å². The lowest BCUT2D eigenvalue weighted by Gasteiger charge is -2.72. The van der Waals surface area contributed by atoms with Gasteiger partial charge in [0.15, 0.2) is 0 Å². The van der Waals surface area contributed by atoms with E-state index < -0.39 is 11.4 Å². The average molecular weight is 456 g/mol. The van der Waals surface area contributed by atoms with Crippen LogP contribution >= 0.6 is 0 Å². The number of hydrogen-bond acceptors (Lipinski definition) is 2. The molecular weight excluding hydrogens is 406 g/mol. The molecule has 0 aliphatic heterocycles. The number of rotatable bonds is 2. The van der Waals surface area contributed by atoms with Gasteiger partial charge < -0.3 is 10.8 Å². The number of carbonyl (C=O) groups is 1. The Bertz CT molecular complexity index is 863. The first-order valence-electron chi connectivity index (χ1n) is 13.9. The van der Waals surface area contributed by atoms with Crippen LogP contribution in [0.15, 0.2) is 12.2 Å². The van der Waals surface area contributed by atoms with Crippen molar-refractivity contribution in [2.24, 2.45) is 62.4 Å². The summed E-state index contributed by atoms with van der Waals surface area (Å²) in [4.78, 5) is 12.8. The van der Waals surface area contributed by atoms with Gasteiger partial charge in [0, 0.05) is 6.04 Å². The molecule has 3 nitrogen and oxygen atoms in total. The number of aliphatic carboxylic acids is 1. The highest BCUT2D eigenvalue weighted by molar-refractivity contribution is 5.76. The van der Waals surface area contributed by atoms with Crippen molar-refractivity contribution in [1.82, 2.24) is 0 Å². The van der Waals surface area contributed by atoms with Crippen LogP contribution in [0.1, 0.15) is 106 Å². The van der Waals surface area contributed by atoms with E-state index >= 15 is 0 Å². The number of carboxylic acid groups (broad SMARTS) is 1. The van der Waals surface area contributed by atoms with Crippen LogP contribution in [0, 0.1) is 56.7 Å². The first-order valence-corrected chi connectivity index (χ1v) is 13.9. The first-order chi connectivity index (χ1) is 15.3. The van der Waals surface area contributed by atoms with Crippen molar-refractivity contribution >= 4 is 5.97 Å². The summed E-state index contributed by atoms with van der Waals surface area (Å²) in [7, 11) is 0. The van der Waals surface area contributed by atoms with Gasteiger partial charge in [-0.05, 0) is 122 Å². The van der Waals surface area contributed by atoms with Crippen molar-refractivity contribution in [2.75, 3.05) is 0 Å². The summed E-state index contributed by atoms with van der Waals surface area (Å²) in [5.74, 6) is 2.05. The van der Waals surface area contributed by atoms with Gasteiger partial charge in [0.05, 0.1) is 5.41 Å². The van der Waals surface area contributed by atoms with Gasteiger partial charge in [-0.25, -0.2) is 0 Å². The van der Waals surface area contributed by atoms with Gasteiger partial charge in [0.2, 0.25) is 0 Å². The monoisotopic (exact) mass is 455 g/mol. The zero-order valence-electron chi connectivity index (χ0n) is 22.2. The predicted molar refractivity (Wildman–Crippen MR) is 135 cm³/mol. The summed E-state index contributed by atoms with van der Waals surface area (Å²) in [6.07, 6.45) is 11.3. The van der Waals surface area contributed by atoms with Gasteiger partial charge >= 0.3 is 5.97 Å². The zero-order valence-corrected chi connectivity index (χ0v) is 22.2. The summed E-state index contributed by atoms with van der Waals surface area (Å²) < 4.78 is 0. The van der Waals surface area contributed by atoms with Gasteiger partial charge in [-0.2, -0.15) is 0 Å². The van der Waals surface area contributed by atoms with Crippen molar-refractivity contribution in [1.29, 1.82) is 0 Å². The maximum absolute atomic E-state index is 12.8. The average Bonchev–Trinajstić information content (AvgIpc) is 3.13. The lowest BCUT2D eigenvalue weighted by Crippen LogP contribution is -2.67. The fourth-order valence-corrected chi connectivity index (χ4v) is 11.5. The van der Waals surface area contributed by atoms with Crippen molar-refractivity contribution in [3.05, 3.63) is 12.2 Å². The molecule has 0 bridgehead atoms. The Hall–Kier alpha value is -0.830. The second kappa shape index (κ2) is 7.11. The van der Waals surface area contributed by atoms with Crippen molar-refractivity contribution < 1.29 is 9.90 Å². The van der Waals surface area contributed by atoms with Gasteiger partial charge in [-0.3, -0.25) is 4.79 Å². The Morgan fingerprint density at radius 3 is 2.18 bits per heavy atom. The molecule has 5 fully saturated rings. The third-order valence-corrected chi connectivity index (χ3v) is 13.6. The molecule has 5 aliphatic carbocycles. The summed E-state index contributed by atoms with van der Waals surface area (Å²) in [6.45, 7) is 19.2. The molecule has 3 heteroatoms. The molecular formula is C30H49NO2. The lowest BCUT2D eigenvalue weighted by molar-refractivity contribution is -0.239. The molecule has 0 saturated heterocycles. The molecule has 5 aliphatic rings. The quantitative estimate of drug-likeness (QED) is 0.438. The second-order valence-electron chi connectivity index (χ2n) is 14.6. The van der Waals surface area contributed by atoms with E-state index in [0.29, 0.717) is 29.2 Å². The normalized spacial score (nSPS) is 55.0. The molecule has 0 aromatic carbocycles. The van der Waals surface area contributed by atoms with E-state index in [1.165, 1.54) is 37.7 Å². The maximum Gasteiger partial charge on any atom is 0.309 e. The van der Waals surface area contributed by atoms with E-state index in [1.807, 2.05) is 0 Å². The van der Waals surface area contributed by atoms with Crippen LogP contribution in [0.25, 0.3) is 0 Å². The minimum atomic E-state index is -0.524. The van der Waals surface area contributed by atoms with Gasteiger partial charge in [-0.1, -0.05) is 46.8 Å². The fourth-order valence-electron chi connectivity index (χ4n) is 11.5. The SMILES string of the molecule is C=C(C)C1CCC2(C(=O)O)CCC3(C)C(CCC4[C@@]5(C)CCC(N)C(C)(C)C5CC[C@]43C)C12. The van der Waals surface area contributed by atoms with E-state index in [0.717, 1.165) is 38.0 Å². The molecule has 10 atom stereocenters. The summed E-state index contributed by atoms with van der Waals surface area (Å²) >= 11 is 0. The highest BCUT2D eigenvalue weighted by Gasteiger charge is 2.71. The van der Waals surface area contributed by atoms with Crippen LogP contribution in [-0.2, 0) is 4.79 Å². The molecule has 5 rings (SSSR count). The number of fused-ring (bicyclic) bond motifs is 7.